The van der Waals surface area contributed by atoms with Crippen LogP contribution in [0.3, 0.4) is 0 Å². The number of hydrogen-bond donors (Lipinski definition) is 2. The Morgan fingerprint density at radius 2 is 2.10 bits per heavy atom. The van der Waals surface area contributed by atoms with Crippen LogP contribution in [0, 0.1) is 6.92 Å². The van der Waals surface area contributed by atoms with E-state index in [1.54, 1.807) is 7.05 Å². The van der Waals surface area contributed by atoms with Crippen LogP contribution in [0.2, 0.25) is 0 Å². The van der Waals surface area contributed by atoms with Gasteiger partial charge in [0.05, 0.1) is 6.61 Å². The molecule has 0 amide bonds. The molecule has 0 aliphatic heterocycles. The molecule has 0 aliphatic carbocycles. The lowest BCUT2D eigenvalue weighted by Crippen LogP contribution is -2.31. The lowest BCUT2D eigenvalue weighted by molar-refractivity contribution is 0.138. The summed E-state index contributed by atoms with van der Waals surface area (Å²) in [7, 11) is -2.05. The minimum atomic E-state index is -3.60. The number of likely N-dealkylation sites (N-methyl/N-ethyl adjacent to an activating group) is 1. The first-order valence-electron chi connectivity index (χ1n) is 7.23. The molecule has 21 heavy (non-hydrogen) atoms. The van der Waals surface area contributed by atoms with Crippen LogP contribution in [-0.2, 0) is 21.3 Å². The van der Waals surface area contributed by atoms with Crippen molar-refractivity contribution < 1.29 is 13.2 Å². The van der Waals surface area contributed by atoms with E-state index in [-0.39, 0.29) is 5.03 Å². The van der Waals surface area contributed by atoms with Crippen LogP contribution in [0.4, 0.5) is 0 Å². The maximum Gasteiger partial charge on any atom is 0.262 e. The fourth-order valence-corrected chi connectivity index (χ4v) is 3.15. The van der Waals surface area contributed by atoms with Gasteiger partial charge in [-0.05, 0) is 26.8 Å². The Balaban J connectivity index is 2.87. The van der Waals surface area contributed by atoms with Gasteiger partial charge < -0.3 is 10.1 Å². The molecule has 1 heterocycles. The van der Waals surface area contributed by atoms with E-state index in [1.807, 2.05) is 13.8 Å². The summed E-state index contributed by atoms with van der Waals surface area (Å²) in [4.78, 5) is 0. The third kappa shape index (κ3) is 4.77. The number of aryl methyl sites for hydroxylation is 1. The molecule has 8 heteroatoms. The molecule has 122 valence electrons. The number of nitrogens with one attached hydrogen (secondary N) is 2. The average molecular weight is 318 g/mol. The van der Waals surface area contributed by atoms with E-state index in [1.165, 1.54) is 4.31 Å². The summed E-state index contributed by atoms with van der Waals surface area (Å²) in [5.74, 6) is 0. The highest BCUT2D eigenvalue weighted by molar-refractivity contribution is 7.89. The van der Waals surface area contributed by atoms with Gasteiger partial charge in [-0.3, -0.25) is 5.10 Å². The highest BCUT2D eigenvalue weighted by atomic mass is 32.2. The van der Waals surface area contributed by atoms with Gasteiger partial charge in [-0.2, -0.15) is 9.40 Å². The molecule has 1 rings (SSSR count). The molecule has 2 N–H and O–H groups in total. The number of aromatic amines is 1. The molecule has 0 fully saturated rings. The van der Waals surface area contributed by atoms with E-state index in [9.17, 15) is 8.42 Å². The Kier molecular flexibility index (Phi) is 7.30. The lowest BCUT2D eigenvalue weighted by Gasteiger charge is -2.16. The predicted molar refractivity (Wildman–Crippen MR) is 81.6 cm³/mol. The van der Waals surface area contributed by atoms with E-state index >= 15 is 0 Å². The Labute approximate surface area is 127 Å². The molecule has 0 spiro atoms. The van der Waals surface area contributed by atoms with Gasteiger partial charge in [0, 0.05) is 38.0 Å². The maximum atomic E-state index is 12.6. The minimum Gasteiger partial charge on any atom is -0.380 e. The fourth-order valence-electron chi connectivity index (χ4n) is 1.85. The normalized spacial score (nSPS) is 12.2. The second kappa shape index (κ2) is 8.47. The zero-order valence-electron chi connectivity index (χ0n) is 13.3. The number of ether oxygens (including phenoxy) is 1. The number of sulfonamides is 1. The Bertz CT molecular complexity index is 528. The van der Waals surface area contributed by atoms with Crippen LogP contribution in [0.15, 0.2) is 5.03 Å². The van der Waals surface area contributed by atoms with Crippen LogP contribution in [0.1, 0.15) is 31.5 Å². The first-order chi connectivity index (χ1) is 9.95. The molecule has 0 unspecified atom stereocenters. The van der Waals surface area contributed by atoms with Gasteiger partial charge in [-0.25, -0.2) is 8.42 Å². The molecule has 7 nitrogen and oxygen atoms in total. The molecular weight excluding hydrogens is 292 g/mol. The number of rotatable bonds is 10. The number of nitrogens with zero attached hydrogens (tertiary/aromatic N) is 2. The van der Waals surface area contributed by atoms with Gasteiger partial charge in [0.1, 0.15) is 0 Å². The minimum absolute atomic E-state index is 0.0996. The summed E-state index contributed by atoms with van der Waals surface area (Å²) in [6.07, 6.45) is 0.993. The van der Waals surface area contributed by atoms with Gasteiger partial charge in [0.15, 0.2) is 5.03 Å². The third-order valence-corrected chi connectivity index (χ3v) is 5.00. The monoisotopic (exact) mass is 318 g/mol. The smallest absolute Gasteiger partial charge is 0.262 e. The van der Waals surface area contributed by atoms with Crippen LogP contribution in [0.25, 0.3) is 0 Å². The van der Waals surface area contributed by atoms with Gasteiger partial charge in [-0.15, -0.1) is 0 Å². The largest absolute Gasteiger partial charge is 0.380 e. The maximum absolute atomic E-state index is 12.6. The topological polar surface area (TPSA) is 87.3 Å². The summed E-state index contributed by atoms with van der Waals surface area (Å²) >= 11 is 0. The van der Waals surface area contributed by atoms with E-state index in [2.05, 4.69) is 22.4 Å². The van der Waals surface area contributed by atoms with E-state index in [0.29, 0.717) is 31.9 Å². The number of aromatic nitrogens is 2. The number of hydrogen-bond acceptors (Lipinski definition) is 5. The van der Waals surface area contributed by atoms with Crippen molar-refractivity contribution in [2.45, 2.75) is 38.8 Å². The SMILES string of the molecule is CCCNCc1c(S(=O)(=O)N(C)CCOCC)n[nH]c1C. The zero-order valence-corrected chi connectivity index (χ0v) is 14.1. The van der Waals surface area contributed by atoms with Gasteiger partial charge in [0.25, 0.3) is 10.0 Å². The second-order valence-corrected chi connectivity index (χ2v) is 6.79. The van der Waals surface area contributed by atoms with Crippen LogP contribution in [-0.4, -0.2) is 56.3 Å². The molecule has 0 saturated heterocycles. The van der Waals surface area contributed by atoms with Crippen molar-refractivity contribution >= 4 is 10.0 Å². The van der Waals surface area contributed by atoms with Crippen molar-refractivity contribution in [1.82, 2.24) is 19.8 Å². The summed E-state index contributed by atoms with van der Waals surface area (Å²) < 4.78 is 31.6. The second-order valence-electron chi connectivity index (χ2n) is 4.83. The molecular formula is C13H26N4O3S. The van der Waals surface area contributed by atoms with Crippen molar-refractivity contribution in [3.63, 3.8) is 0 Å². The quantitative estimate of drug-likeness (QED) is 0.625. The number of H-pyrrole nitrogens is 1. The van der Waals surface area contributed by atoms with Crippen LogP contribution < -0.4 is 5.32 Å². The fraction of sp³-hybridized carbons (Fsp3) is 0.769. The Morgan fingerprint density at radius 1 is 1.38 bits per heavy atom. The third-order valence-electron chi connectivity index (χ3n) is 3.17. The zero-order chi connectivity index (χ0) is 15.9. The first kappa shape index (κ1) is 18.1. The predicted octanol–water partition coefficient (Wildman–Crippen LogP) is 0.875. The summed E-state index contributed by atoms with van der Waals surface area (Å²) in [6, 6.07) is 0. The summed E-state index contributed by atoms with van der Waals surface area (Å²) in [5, 5.41) is 10.1. The Hall–Kier alpha value is -0.960. The highest BCUT2D eigenvalue weighted by Gasteiger charge is 2.27. The summed E-state index contributed by atoms with van der Waals surface area (Å²) in [5.41, 5.74) is 1.47. The van der Waals surface area contributed by atoms with Crippen LogP contribution in [0.5, 0.6) is 0 Å². The van der Waals surface area contributed by atoms with Gasteiger partial charge in [-0.1, -0.05) is 6.92 Å². The molecule has 0 saturated carbocycles. The van der Waals surface area contributed by atoms with E-state index in [4.69, 9.17) is 4.74 Å². The summed E-state index contributed by atoms with van der Waals surface area (Å²) in [6.45, 7) is 8.35. The van der Waals surface area contributed by atoms with Crippen molar-refractivity contribution in [3.05, 3.63) is 11.3 Å². The molecule has 0 bridgehead atoms. The van der Waals surface area contributed by atoms with Crippen LogP contribution >= 0.6 is 0 Å². The molecule has 0 atom stereocenters. The van der Waals surface area contributed by atoms with Gasteiger partial charge >= 0.3 is 0 Å². The van der Waals surface area contributed by atoms with Crippen molar-refractivity contribution in [3.8, 4) is 0 Å². The van der Waals surface area contributed by atoms with Gasteiger partial charge in [0.2, 0.25) is 0 Å². The van der Waals surface area contributed by atoms with Crippen molar-refractivity contribution in [2.24, 2.45) is 0 Å². The average Bonchev–Trinajstić information content (AvgIpc) is 2.81. The van der Waals surface area contributed by atoms with Crippen molar-refractivity contribution in [2.75, 3.05) is 33.4 Å². The lowest BCUT2D eigenvalue weighted by atomic mass is 10.2. The van der Waals surface area contributed by atoms with Crippen molar-refractivity contribution in [1.29, 1.82) is 0 Å². The molecule has 1 aromatic heterocycles. The van der Waals surface area contributed by atoms with E-state index < -0.39 is 10.0 Å². The molecule has 0 aromatic carbocycles. The highest BCUT2D eigenvalue weighted by Crippen LogP contribution is 2.19. The molecule has 0 aliphatic rings. The van der Waals surface area contributed by atoms with E-state index in [0.717, 1.165) is 18.7 Å². The standard InChI is InChI=1S/C13H26N4O3S/c1-5-7-14-10-12-11(3)15-16-13(12)21(18,19)17(4)8-9-20-6-2/h14H,5-10H2,1-4H3,(H,15,16). The molecule has 1 aromatic rings. The first-order valence-corrected chi connectivity index (χ1v) is 8.67. The Morgan fingerprint density at radius 3 is 2.71 bits per heavy atom. The molecule has 0 radical (unpaired) electrons.